The molecule has 0 bridgehead atoms. The maximum Gasteiger partial charge on any atom is 0.394 e. The van der Waals surface area contributed by atoms with Crippen LogP contribution in [0.1, 0.15) is 71.1 Å². The molecule has 28 heavy (non-hydrogen) atoms. The van der Waals surface area contributed by atoms with Crippen molar-refractivity contribution >= 4 is 10.4 Å². The van der Waals surface area contributed by atoms with Gasteiger partial charge in [-0.15, -0.1) is 0 Å². The van der Waals surface area contributed by atoms with Crippen molar-refractivity contribution in [3.8, 4) is 0 Å². The lowest BCUT2D eigenvalue weighted by Crippen LogP contribution is -2.32. The van der Waals surface area contributed by atoms with E-state index in [0.717, 1.165) is 6.42 Å². The van der Waals surface area contributed by atoms with Gasteiger partial charge in [0.1, 0.15) is 0 Å². The second-order valence-corrected chi connectivity index (χ2v) is 7.26. The summed E-state index contributed by atoms with van der Waals surface area (Å²) in [4.78, 5) is 1.79. The van der Waals surface area contributed by atoms with Crippen molar-refractivity contribution < 1.29 is 37.9 Å². The van der Waals surface area contributed by atoms with Crippen LogP contribution in [-0.2, 0) is 10.4 Å². The number of hydrogen-bond donors (Lipinski definition) is 6. The molecule has 0 aliphatic rings. The van der Waals surface area contributed by atoms with E-state index >= 15 is 0 Å². The van der Waals surface area contributed by atoms with Gasteiger partial charge in [-0.25, -0.2) is 0 Å². The fourth-order valence-electron chi connectivity index (χ4n) is 2.36. The second kappa shape index (κ2) is 26.7. The number of rotatable bonds is 16. The van der Waals surface area contributed by atoms with Crippen molar-refractivity contribution in [3.63, 3.8) is 0 Å². The molecule has 0 aliphatic carbocycles. The SMILES string of the molecule is CCCCCCCCCCCCO.O=S(=O)(O)O.OCCN(CCO)CCO. The zero-order valence-corrected chi connectivity index (χ0v) is 18.2. The number of aliphatic hydroxyl groups excluding tert-OH is 4. The minimum Gasteiger partial charge on any atom is -0.396 e. The third-order valence-corrected chi connectivity index (χ3v) is 3.76. The van der Waals surface area contributed by atoms with Crippen molar-refractivity contribution in [2.24, 2.45) is 0 Å². The molecule has 9 nitrogen and oxygen atoms in total. The molecule has 0 aromatic rings. The normalized spacial score (nSPS) is 10.9. The van der Waals surface area contributed by atoms with Gasteiger partial charge >= 0.3 is 10.4 Å². The highest BCUT2D eigenvalue weighted by Gasteiger charge is 2.00. The Morgan fingerprint density at radius 3 is 1.11 bits per heavy atom. The molecule has 0 spiro atoms. The fraction of sp³-hybridized carbons (Fsp3) is 1.00. The van der Waals surface area contributed by atoms with E-state index in [1.54, 1.807) is 4.90 Å². The lowest BCUT2D eigenvalue weighted by molar-refractivity contribution is 0.136. The first-order valence-corrected chi connectivity index (χ1v) is 11.5. The Labute approximate surface area is 171 Å². The van der Waals surface area contributed by atoms with Gasteiger partial charge < -0.3 is 20.4 Å². The van der Waals surface area contributed by atoms with Crippen LogP contribution in [0.2, 0.25) is 0 Å². The maximum absolute atomic E-state index is 8.74. The molecule has 0 unspecified atom stereocenters. The standard InChI is InChI=1S/C12H26O.C6H15NO3.H2O4S/c1-2-3-4-5-6-7-8-9-10-11-12-13;8-4-1-7(2-5-9)3-6-10;1-5(2,3)4/h13H,2-12H2,1H3;8-10H,1-6H2;(H2,1,2,3,4). The molecule has 0 aromatic carbocycles. The van der Waals surface area contributed by atoms with Crippen LogP contribution < -0.4 is 0 Å². The van der Waals surface area contributed by atoms with E-state index in [1.807, 2.05) is 0 Å². The number of unbranched alkanes of at least 4 members (excludes halogenated alkanes) is 9. The van der Waals surface area contributed by atoms with Gasteiger partial charge in [0.25, 0.3) is 0 Å². The first kappa shape index (κ1) is 32.3. The van der Waals surface area contributed by atoms with Gasteiger partial charge in [-0.05, 0) is 6.42 Å². The highest BCUT2D eigenvalue weighted by Crippen LogP contribution is 2.09. The molecule has 0 radical (unpaired) electrons. The summed E-state index contributed by atoms with van der Waals surface area (Å²) in [6.45, 7) is 4.38. The molecule has 174 valence electrons. The number of hydrogen-bond acceptors (Lipinski definition) is 7. The Kier molecular flexibility index (Phi) is 30.8. The molecule has 6 N–H and O–H groups in total. The predicted octanol–water partition coefficient (Wildman–Crippen LogP) is 1.51. The summed E-state index contributed by atoms with van der Waals surface area (Å²) < 4.78 is 31.6. The van der Waals surface area contributed by atoms with Crippen molar-refractivity contribution in [3.05, 3.63) is 0 Å². The first-order valence-electron chi connectivity index (χ1n) is 10.1. The third kappa shape index (κ3) is 44.8. The van der Waals surface area contributed by atoms with Crippen LogP contribution in [0, 0.1) is 0 Å². The molecule has 0 saturated heterocycles. The number of nitrogens with zero attached hydrogens (tertiary/aromatic N) is 1. The molecule has 0 heterocycles. The molecule has 10 heteroatoms. The highest BCUT2D eigenvalue weighted by molar-refractivity contribution is 7.79. The van der Waals surface area contributed by atoms with Crippen molar-refractivity contribution in [2.45, 2.75) is 71.1 Å². The van der Waals surface area contributed by atoms with Crippen LogP contribution in [0.3, 0.4) is 0 Å². The van der Waals surface area contributed by atoms with Crippen LogP contribution in [-0.4, -0.2) is 88.9 Å². The molecule has 0 amide bonds. The highest BCUT2D eigenvalue weighted by atomic mass is 32.3. The molecule has 0 aromatic heterocycles. The van der Waals surface area contributed by atoms with Crippen LogP contribution in [0.5, 0.6) is 0 Å². The van der Waals surface area contributed by atoms with Crippen molar-refractivity contribution in [1.82, 2.24) is 4.90 Å². The van der Waals surface area contributed by atoms with Gasteiger partial charge in [-0.1, -0.05) is 64.7 Å². The lowest BCUT2D eigenvalue weighted by Gasteiger charge is -2.17. The molecule has 0 rings (SSSR count). The zero-order valence-electron chi connectivity index (χ0n) is 17.4. The average Bonchev–Trinajstić information content (AvgIpc) is 2.60. The van der Waals surface area contributed by atoms with Gasteiger partial charge in [0, 0.05) is 26.2 Å². The van der Waals surface area contributed by atoms with Crippen molar-refractivity contribution in [2.75, 3.05) is 46.1 Å². The smallest absolute Gasteiger partial charge is 0.394 e. The predicted molar refractivity (Wildman–Crippen MR) is 111 cm³/mol. The van der Waals surface area contributed by atoms with E-state index in [-0.39, 0.29) is 19.8 Å². The first-order chi connectivity index (χ1) is 13.3. The molecular formula is C18H43NO8S. The third-order valence-electron chi connectivity index (χ3n) is 3.76. The summed E-state index contributed by atoms with van der Waals surface area (Å²) in [6, 6.07) is 0. The molecular weight excluding hydrogens is 390 g/mol. The summed E-state index contributed by atoms with van der Waals surface area (Å²) in [7, 11) is -4.67. The van der Waals surface area contributed by atoms with Crippen LogP contribution in [0.4, 0.5) is 0 Å². The minimum absolute atomic E-state index is 0.0694. The van der Waals surface area contributed by atoms with Crippen molar-refractivity contribution in [1.29, 1.82) is 0 Å². The van der Waals surface area contributed by atoms with Gasteiger partial charge in [0.05, 0.1) is 19.8 Å². The van der Waals surface area contributed by atoms with E-state index in [9.17, 15) is 0 Å². The Bertz CT molecular complexity index is 336. The Hall–Kier alpha value is -0.330. The van der Waals surface area contributed by atoms with E-state index in [1.165, 1.54) is 57.8 Å². The topological polar surface area (TPSA) is 159 Å². The van der Waals surface area contributed by atoms with Crippen LogP contribution >= 0.6 is 0 Å². The maximum atomic E-state index is 8.74. The molecule has 0 atom stereocenters. The average molecular weight is 434 g/mol. The quantitative estimate of drug-likeness (QED) is 0.157. The lowest BCUT2D eigenvalue weighted by atomic mass is 10.1. The summed E-state index contributed by atoms with van der Waals surface area (Å²) >= 11 is 0. The van der Waals surface area contributed by atoms with E-state index in [4.69, 9.17) is 37.9 Å². The second-order valence-electron chi connectivity index (χ2n) is 6.37. The monoisotopic (exact) mass is 433 g/mol. The summed E-state index contributed by atoms with van der Waals surface area (Å²) in [5.74, 6) is 0. The van der Waals surface area contributed by atoms with E-state index in [0.29, 0.717) is 26.2 Å². The summed E-state index contributed by atoms with van der Waals surface area (Å²) in [5, 5.41) is 34.0. The van der Waals surface area contributed by atoms with Crippen LogP contribution in [0.15, 0.2) is 0 Å². The molecule has 0 fully saturated rings. The number of aliphatic hydroxyl groups is 4. The van der Waals surface area contributed by atoms with Gasteiger partial charge in [0.2, 0.25) is 0 Å². The zero-order chi connectivity index (χ0) is 22.1. The molecule has 0 saturated carbocycles. The van der Waals surface area contributed by atoms with Gasteiger partial charge in [0.15, 0.2) is 0 Å². The van der Waals surface area contributed by atoms with Gasteiger partial charge in [-0.3, -0.25) is 14.0 Å². The van der Waals surface area contributed by atoms with Gasteiger partial charge in [-0.2, -0.15) is 8.42 Å². The Morgan fingerprint density at radius 1 is 0.571 bits per heavy atom. The van der Waals surface area contributed by atoms with E-state index < -0.39 is 10.4 Å². The largest absolute Gasteiger partial charge is 0.396 e. The summed E-state index contributed by atoms with van der Waals surface area (Å²) in [6.07, 6.45) is 13.3. The Morgan fingerprint density at radius 2 is 0.857 bits per heavy atom. The minimum atomic E-state index is -4.67. The molecule has 0 aliphatic heterocycles. The van der Waals surface area contributed by atoms with Crippen LogP contribution in [0.25, 0.3) is 0 Å². The summed E-state index contributed by atoms with van der Waals surface area (Å²) in [5.41, 5.74) is 0. The van der Waals surface area contributed by atoms with E-state index in [2.05, 4.69) is 6.92 Å². The fourth-order valence-corrected chi connectivity index (χ4v) is 2.36. The Balaban J connectivity index is -0.000000368.